The zero-order valence-electron chi connectivity index (χ0n) is 14.5. The number of pyridine rings is 1. The second kappa shape index (κ2) is 7.44. The van der Waals surface area contributed by atoms with Gasteiger partial charge in [-0.2, -0.15) is 5.10 Å². The van der Waals surface area contributed by atoms with Gasteiger partial charge in [0, 0.05) is 25.8 Å². The number of hydrogen-bond acceptors (Lipinski definition) is 4. The van der Waals surface area contributed by atoms with Crippen LogP contribution in [0.25, 0.3) is 11.0 Å². The van der Waals surface area contributed by atoms with Gasteiger partial charge in [-0.15, -0.1) is 0 Å². The molecule has 25 heavy (non-hydrogen) atoms. The molecule has 2 heterocycles. The van der Waals surface area contributed by atoms with Gasteiger partial charge < -0.3 is 10.0 Å². The Morgan fingerprint density at radius 1 is 1.24 bits per heavy atom. The molecule has 0 unspecified atom stereocenters. The first kappa shape index (κ1) is 17.1. The SMILES string of the molecule is Cc1cc(C(=O)N(CCO)CCc2ccccc2)c2cnn(C)c2n1. The van der Waals surface area contributed by atoms with E-state index in [1.807, 2.05) is 44.3 Å². The van der Waals surface area contributed by atoms with Gasteiger partial charge in [0.05, 0.1) is 23.8 Å². The zero-order valence-corrected chi connectivity index (χ0v) is 14.5. The van der Waals surface area contributed by atoms with E-state index in [1.165, 1.54) is 0 Å². The molecule has 6 heteroatoms. The molecule has 0 saturated heterocycles. The van der Waals surface area contributed by atoms with E-state index in [-0.39, 0.29) is 12.5 Å². The van der Waals surface area contributed by atoms with Crippen LogP contribution >= 0.6 is 0 Å². The first-order valence-corrected chi connectivity index (χ1v) is 8.33. The standard InChI is InChI=1S/C19H22N4O2/c1-14-12-16(17-13-20-22(2)18(17)21-14)19(25)23(10-11-24)9-8-15-6-4-3-5-7-15/h3-7,12-13,24H,8-11H2,1-2H3. The van der Waals surface area contributed by atoms with Crippen molar-refractivity contribution < 1.29 is 9.90 Å². The maximum absolute atomic E-state index is 13.1. The Morgan fingerprint density at radius 2 is 2.00 bits per heavy atom. The smallest absolute Gasteiger partial charge is 0.254 e. The molecular formula is C19H22N4O2. The lowest BCUT2D eigenvalue weighted by Gasteiger charge is -2.22. The quantitative estimate of drug-likeness (QED) is 0.746. The average molecular weight is 338 g/mol. The van der Waals surface area contributed by atoms with Crippen molar-refractivity contribution in [3.05, 3.63) is 59.4 Å². The van der Waals surface area contributed by atoms with Gasteiger partial charge in [0.1, 0.15) is 0 Å². The monoisotopic (exact) mass is 338 g/mol. The van der Waals surface area contributed by atoms with Crippen molar-refractivity contribution in [1.82, 2.24) is 19.7 Å². The van der Waals surface area contributed by atoms with Crippen LogP contribution in [0.4, 0.5) is 0 Å². The van der Waals surface area contributed by atoms with Crippen LogP contribution in [0.15, 0.2) is 42.6 Å². The van der Waals surface area contributed by atoms with Gasteiger partial charge >= 0.3 is 0 Å². The van der Waals surface area contributed by atoms with Gasteiger partial charge in [-0.1, -0.05) is 30.3 Å². The number of hydrogen-bond donors (Lipinski definition) is 1. The lowest BCUT2D eigenvalue weighted by Crippen LogP contribution is -2.35. The summed E-state index contributed by atoms with van der Waals surface area (Å²) in [7, 11) is 1.81. The number of fused-ring (bicyclic) bond motifs is 1. The van der Waals surface area contributed by atoms with Crippen LogP contribution in [0.5, 0.6) is 0 Å². The van der Waals surface area contributed by atoms with Crippen LogP contribution in [0.1, 0.15) is 21.6 Å². The molecule has 1 N–H and O–H groups in total. The molecule has 0 spiro atoms. The molecule has 3 rings (SSSR count). The number of aryl methyl sites for hydroxylation is 2. The first-order valence-electron chi connectivity index (χ1n) is 8.33. The summed E-state index contributed by atoms with van der Waals surface area (Å²) in [5.41, 5.74) is 3.20. The van der Waals surface area contributed by atoms with E-state index in [9.17, 15) is 9.90 Å². The number of aromatic nitrogens is 3. The van der Waals surface area contributed by atoms with Gasteiger partial charge in [-0.3, -0.25) is 9.48 Å². The third-order valence-electron chi connectivity index (χ3n) is 4.23. The third-order valence-corrected chi connectivity index (χ3v) is 4.23. The number of aliphatic hydroxyl groups is 1. The lowest BCUT2D eigenvalue weighted by atomic mass is 10.1. The molecule has 0 radical (unpaired) electrons. The van der Waals surface area contributed by atoms with Crippen molar-refractivity contribution >= 4 is 16.9 Å². The highest BCUT2D eigenvalue weighted by atomic mass is 16.3. The maximum atomic E-state index is 13.1. The fourth-order valence-corrected chi connectivity index (χ4v) is 2.93. The highest BCUT2D eigenvalue weighted by molar-refractivity contribution is 6.05. The van der Waals surface area contributed by atoms with Crippen LogP contribution in [0.3, 0.4) is 0 Å². The number of nitrogens with zero attached hydrogens (tertiary/aromatic N) is 4. The van der Waals surface area contributed by atoms with E-state index < -0.39 is 0 Å². The molecule has 1 aromatic carbocycles. The molecular weight excluding hydrogens is 316 g/mol. The number of amides is 1. The van der Waals surface area contributed by atoms with Crippen LogP contribution < -0.4 is 0 Å². The van der Waals surface area contributed by atoms with Gasteiger partial charge in [0.2, 0.25) is 0 Å². The third kappa shape index (κ3) is 3.69. The summed E-state index contributed by atoms with van der Waals surface area (Å²) >= 11 is 0. The molecule has 0 atom stereocenters. The lowest BCUT2D eigenvalue weighted by molar-refractivity contribution is 0.0726. The average Bonchev–Trinajstić information content (AvgIpc) is 2.99. The predicted octanol–water partition coefficient (Wildman–Crippen LogP) is 1.95. The number of rotatable bonds is 6. The van der Waals surface area contributed by atoms with E-state index >= 15 is 0 Å². The Balaban J connectivity index is 1.88. The minimum absolute atomic E-state index is 0.0687. The van der Waals surface area contributed by atoms with E-state index in [1.54, 1.807) is 21.8 Å². The molecule has 130 valence electrons. The predicted molar refractivity (Wildman–Crippen MR) is 96.4 cm³/mol. The Morgan fingerprint density at radius 3 is 2.72 bits per heavy atom. The zero-order chi connectivity index (χ0) is 17.8. The molecule has 0 saturated carbocycles. The van der Waals surface area contributed by atoms with Gasteiger partial charge in [-0.05, 0) is 25.0 Å². The Hall–Kier alpha value is -2.73. The molecule has 1 amide bonds. The fourth-order valence-electron chi connectivity index (χ4n) is 2.93. The normalized spacial score (nSPS) is 11.0. The molecule has 0 fully saturated rings. The van der Waals surface area contributed by atoms with Crippen LogP contribution in [0, 0.1) is 6.92 Å². The number of aliphatic hydroxyl groups excluding tert-OH is 1. The van der Waals surface area contributed by atoms with Crippen LogP contribution in [0.2, 0.25) is 0 Å². The van der Waals surface area contributed by atoms with E-state index in [2.05, 4.69) is 10.1 Å². The first-order chi connectivity index (χ1) is 12.1. The molecule has 0 aliphatic heterocycles. The summed E-state index contributed by atoms with van der Waals surface area (Å²) < 4.78 is 1.67. The van der Waals surface area contributed by atoms with E-state index in [0.29, 0.717) is 24.3 Å². The summed E-state index contributed by atoms with van der Waals surface area (Å²) in [6.07, 6.45) is 2.41. The molecule has 0 aliphatic carbocycles. The molecule has 3 aromatic rings. The molecule has 6 nitrogen and oxygen atoms in total. The number of carbonyl (C=O) groups is 1. The van der Waals surface area contributed by atoms with Gasteiger partial charge in [0.25, 0.3) is 5.91 Å². The highest BCUT2D eigenvalue weighted by Crippen LogP contribution is 2.19. The van der Waals surface area contributed by atoms with Gasteiger partial charge in [-0.25, -0.2) is 4.98 Å². The van der Waals surface area contributed by atoms with E-state index in [0.717, 1.165) is 23.1 Å². The minimum Gasteiger partial charge on any atom is -0.395 e. The summed E-state index contributed by atoms with van der Waals surface area (Å²) in [5, 5.41) is 14.3. The van der Waals surface area contributed by atoms with Gasteiger partial charge in [0.15, 0.2) is 5.65 Å². The molecule has 0 bridgehead atoms. The Kier molecular flexibility index (Phi) is 5.09. The van der Waals surface area contributed by atoms with Crippen molar-refractivity contribution in [2.45, 2.75) is 13.3 Å². The van der Waals surface area contributed by atoms with Crippen LogP contribution in [-0.4, -0.2) is 50.4 Å². The summed E-state index contributed by atoms with van der Waals surface area (Å²) in [6, 6.07) is 11.8. The van der Waals surface area contributed by atoms with Crippen molar-refractivity contribution in [2.24, 2.45) is 7.05 Å². The van der Waals surface area contributed by atoms with Crippen molar-refractivity contribution in [2.75, 3.05) is 19.7 Å². The second-order valence-corrected chi connectivity index (χ2v) is 6.07. The summed E-state index contributed by atoms with van der Waals surface area (Å²) in [6.45, 7) is 2.64. The summed E-state index contributed by atoms with van der Waals surface area (Å²) in [4.78, 5) is 19.2. The molecule has 2 aromatic heterocycles. The fraction of sp³-hybridized carbons (Fsp3) is 0.316. The topological polar surface area (TPSA) is 71.2 Å². The Bertz CT molecular complexity index is 874. The van der Waals surface area contributed by atoms with Crippen molar-refractivity contribution in [3.63, 3.8) is 0 Å². The Labute approximate surface area is 146 Å². The van der Waals surface area contributed by atoms with Crippen LogP contribution in [-0.2, 0) is 13.5 Å². The minimum atomic E-state index is -0.103. The number of benzene rings is 1. The molecule has 0 aliphatic rings. The second-order valence-electron chi connectivity index (χ2n) is 6.07. The largest absolute Gasteiger partial charge is 0.395 e. The highest BCUT2D eigenvalue weighted by Gasteiger charge is 2.20. The summed E-state index contributed by atoms with van der Waals surface area (Å²) in [5.74, 6) is -0.103. The van der Waals surface area contributed by atoms with Crippen molar-refractivity contribution in [3.8, 4) is 0 Å². The number of carbonyl (C=O) groups excluding carboxylic acids is 1. The maximum Gasteiger partial charge on any atom is 0.254 e. The van der Waals surface area contributed by atoms with Crippen molar-refractivity contribution in [1.29, 1.82) is 0 Å². The van der Waals surface area contributed by atoms with E-state index in [4.69, 9.17) is 0 Å².